The molecular formula is C34H26BNO3. The van der Waals surface area contributed by atoms with Gasteiger partial charge < -0.3 is 18.1 Å². The number of hydrogen-bond donors (Lipinski definition) is 0. The number of fused-ring (bicyclic) bond motifs is 11. The lowest BCUT2D eigenvalue weighted by atomic mass is 9.78. The van der Waals surface area contributed by atoms with Gasteiger partial charge in [-0.15, -0.1) is 0 Å². The first-order chi connectivity index (χ1) is 18.8. The summed E-state index contributed by atoms with van der Waals surface area (Å²) < 4.78 is 21.6. The van der Waals surface area contributed by atoms with Crippen LogP contribution in [0.1, 0.15) is 27.7 Å². The zero-order valence-electron chi connectivity index (χ0n) is 22.3. The highest BCUT2D eigenvalue weighted by Crippen LogP contribution is 2.42. The molecule has 39 heavy (non-hydrogen) atoms. The van der Waals surface area contributed by atoms with Gasteiger partial charge in [-0.25, -0.2) is 0 Å². The van der Waals surface area contributed by atoms with E-state index in [1.807, 2.05) is 6.07 Å². The molecule has 0 atom stereocenters. The van der Waals surface area contributed by atoms with E-state index in [0.29, 0.717) is 0 Å². The van der Waals surface area contributed by atoms with Gasteiger partial charge in [-0.1, -0.05) is 54.6 Å². The fourth-order valence-electron chi connectivity index (χ4n) is 6.62. The molecule has 1 aliphatic heterocycles. The summed E-state index contributed by atoms with van der Waals surface area (Å²) in [5.41, 5.74) is 5.81. The van der Waals surface area contributed by atoms with Gasteiger partial charge in [-0.3, -0.25) is 0 Å². The maximum atomic E-state index is 6.54. The van der Waals surface area contributed by atoms with Crippen molar-refractivity contribution in [2.24, 2.45) is 0 Å². The normalized spacial score (nSPS) is 17.4. The van der Waals surface area contributed by atoms with Crippen molar-refractivity contribution in [3.8, 4) is 0 Å². The third kappa shape index (κ3) is 2.67. The topological polar surface area (TPSA) is 36.0 Å². The van der Waals surface area contributed by atoms with Crippen molar-refractivity contribution in [1.82, 2.24) is 4.40 Å². The second-order valence-corrected chi connectivity index (χ2v) is 12.0. The number of para-hydroxylation sites is 2. The van der Waals surface area contributed by atoms with Crippen LogP contribution in [0.4, 0.5) is 0 Å². The lowest BCUT2D eigenvalue weighted by Crippen LogP contribution is -2.41. The first-order valence-electron chi connectivity index (χ1n) is 13.6. The molecule has 3 aromatic heterocycles. The third-order valence-electron chi connectivity index (χ3n) is 9.34. The Hall–Kier alpha value is -4.06. The number of benzene rings is 5. The highest BCUT2D eigenvalue weighted by Gasteiger charge is 2.51. The maximum Gasteiger partial charge on any atom is 0.494 e. The molecule has 0 radical (unpaired) electrons. The van der Waals surface area contributed by atoms with E-state index < -0.39 is 7.12 Å². The van der Waals surface area contributed by atoms with Gasteiger partial charge in [-0.2, -0.15) is 0 Å². The molecule has 9 rings (SSSR count). The summed E-state index contributed by atoms with van der Waals surface area (Å²) in [6.45, 7) is 8.35. The minimum absolute atomic E-state index is 0.380. The fraction of sp³-hybridized carbons (Fsp3) is 0.176. The van der Waals surface area contributed by atoms with Gasteiger partial charge in [0.05, 0.1) is 27.8 Å². The van der Waals surface area contributed by atoms with Gasteiger partial charge in [0.25, 0.3) is 0 Å². The number of hydrogen-bond acceptors (Lipinski definition) is 3. The summed E-state index contributed by atoms with van der Waals surface area (Å²) >= 11 is 0. The van der Waals surface area contributed by atoms with Gasteiger partial charge in [-0.05, 0) is 68.9 Å². The van der Waals surface area contributed by atoms with Crippen LogP contribution in [0.25, 0.3) is 70.8 Å². The van der Waals surface area contributed by atoms with Crippen LogP contribution in [0.5, 0.6) is 0 Å². The van der Waals surface area contributed by atoms with E-state index in [1.165, 1.54) is 43.5 Å². The minimum Gasteiger partial charge on any atom is -0.455 e. The summed E-state index contributed by atoms with van der Waals surface area (Å²) in [6.07, 6.45) is 0. The Morgan fingerprint density at radius 3 is 2.15 bits per heavy atom. The zero-order chi connectivity index (χ0) is 26.3. The second kappa shape index (κ2) is 6.92. The van der Waals surface area contributed by atoms with E-state index in [0.717, 1.165) is 32.8 Å². The monoisotopic (exact) mass is 507 g/mol. The smallest absolute Gasteiger partial charge is 0.455 e. The molecule has 5 aromatic carbocycles. The third-order valence-corrected chi connectivity index (χ3v) is 9.34. The summed E-state index contributed by atoms with van der Waals surface area (Å²) in [7, 11) is -0.404. The number of furan rings is 1. The molecule has 0 unspecified atom stereocenters. The highest BCUT2D eigenvalue weighted by atomic mass is 16.7. The SMILES string of the molecule is CC1(C)OB(c2ccc3oc4c5cc6c7cccc8c9ccccc9n(c6cc5ccc4c3c2)c87)OC1(C)C. The number of nitrogens with zero attached hydrogens (tertiary/aromatic N) is 1. The van der Waals surface area contributed by atoms with E-state index in [1.54, 1.807) is 0 Å². The van der Waals surface area contributed by atoms with Crippen LogP contribution in [0.3, 0.4) is 0 Å². The van der Waals surface area contributed by atoms with Crippen LogP contribution in [0.2, 0.25) is 0 Å². The zero-order valence-corrected chi connectivity index (χ0v) is 22.3. The van der Waals surface area contributed by atoms with Gasteiger partial charge in [0.2, 0.25) is 0 Å². The van der Waals surface area contributed by atoms with Gasteiger partial charge in [0, 0.05) is 37.7 Å². The summed E-state index contributed by atoms with van der Waals surface area (Å²) in [6, 6.07) is 30.7. The Morgan fingerprint density at radius 2 is 1.33 bits per heavy atom. The van der Waals surface area contributed by atoms with Gasteiger partial charge >= 0.3 is 7.12 Å². The summed E-state index contributed by atoms with van der Waals surface area (Å²) in [5, 5.41) is 9.61. The average Bonchev–Trinajstić information content (AvgIpc) is 3.62. The van der Waals surface area contributed by atoms with Crippen molar-refractivity contribution < 1.29 is 13.7 Å². The average molecular weight is 507 g/mol. The standard InChI is InChI=1S/C34H26BNO3/c1-33(2)34(3,4)39-35(38-33)20-13-15-30-27(17-20)24-14-12-19-16-29-26(18-25(19)32(24)37-30)23-10-7-9-22-21-8-5-6-11-28(21)36(29)31(22)23/h5-18H,1-4H3. The van der Waals surface area contributed by atoms with E-state index >= 15 is 0 Å². The Balaban J connectivity index is 1.30. The Morgan fingerprint density at radius 1 is 0.590 bits per heavy atom. The first-order valence-corrected chi connectivity index (χ1v) is 13.6. The Kier molecular flexibility index (Phi) is 3.88. The van der Waals surface area contributed by atoms with Crippen molar-refractivity contribution in [1.29, 1.82) is 0 Å². The second-order valence-electron chi connectivity index (χ2n) is 12.0. The molecule has 8 aromatic rings. The fourth-order valence-corrected chi connectivity index (χ4v) is 6.62. The van der Waals surface area contributed by atoms with Crippen molar-refractivity contribution in [3.63, 3.8) is 0 Å². The van der Waals surface area contributed by atoms with E-state index in [2.05, 4.69) is 111 Å². The molecule has 0 saturated carbocycles. The van der Waals surface area contributed by atoms with E-state index in [-0.39, 0.29) is 11.2 Å². The van der Waals surface area contributed by atoms with Crippen molar-refractivity contribution in [2.45, 2.75) is 38.9 Å². The van der Waals surface area contributed by atoms with Crippen LogP contribution >= 0.6 is 0 Å². The predicted octanol–water partition coefficient (Wildman–Crippen LogP) is 8.19. The number of rotatable bonds is 1. The molecule has 188 valence electrons. The van der Waals surface area contributed by atoms with E-state index in [4.69, 9.17) is 13.7 Å². The van der Waals surface area contributed by atoms with Gasteiger partial charge in [0.1, 0.15) is 11.2 Å². The van der Waals surface area contributed by atoms with Crippen LogP contribution in [0.15, 0.2) is 89.3 Å². The summed E-state index contributed by atoms with van der Waals surface area (Å²) in [4.78, 5) is 0. The molecule has 1 saturated heterocycles. The lowest BCUT2D eigenvalue weighted by molar-refractivity contribution is 0.00578. The van der Waals surface area contributed by atoms with Crippen LogP contribution in [0, 0.1) is 0 Å². The van der Waals surface area contributed by atoms with E-state index in [9.17, 15) is 0 Å². The molecule has 1 fully saturated rings. The quantitative estimate of drug-likeness (QED) is 0.210. The predicted molar refractivity (Wildman–Crippen MR) is 162 cm³/mol. The van der Waals surface area contributed by atoms with Crippen LogP contribution in [-0.4, -0.2) is 22.7 Å². The molecule has 5 heteroatoms. The van der Waals surface area contributed by atoms with Crippen molar-refractivity contribution >= 4 is 83.4 Å². The molecule has 0 amide bonds. The van der Waals surface area contributed by atoms with Crippen molar-refractivity contribution in [3.05, 3.63) is 84.9 Å². The molecule has 4 nitrogen and oxygen atoms in total. The van der Waals surface area contributed by atoms with Crippen molar-refractivity contribution in [2.75, 3.05) is 0 Å². The molecule has 0 aliphatic carbocycles. The molecule has 4 heterocycles. The molecule has 0 N–H and O–H groups in total. The largest absolute Gasteiger partial charge is 0.494 e. The maximum absolute atomic E-state index is 6.54. The Labute approximate surface area is 225 Å². The molecule has 0 spiro atoms. The van der Waals surface area contributed by atoms with Gasteiger partial charge in [0.15, 0.2) is 0 Å². The molecular weight excluding hydrogens is 481 g/mol. The minimum atomic E-state index is -0.404. The van der Waals surface area contributed by atoms with Crippen LogP contribution < -0.4 is 5.46 Å². The van der Waals surface area contributed by atoms with Crippen LogP contribution in [-0.2, 0) is 9.31 Å². The Bertz CT molecular complexity index is 2290. The highest BCUT2D eigenvalue weighted by molar-refractivity contribution is 6.62. The number of aromatic nitrogens is 1. The molecule has 1 aliphatic rings. The molecule has 0 bridgehead atoms. The summed E-state index contributed by atoms with van der Waals surface area (Å²) in [5.74, 6) is 0. The lowest BCUT2D eigenvalue weighted by Gasteiger charge is -2.32. The first kappa shape index (κ1) is 21.8.